The summed E-state index contributed by atoms with van der Waals surface area (Å²) >= 11 is 0. The number of nitrogens with two attached hydrogens (primary N) is 1. The van der Waals surface area contributed by atoms with E-state index in [0.717, 1.165) is 32.5 Å². The molecule has 0 amide bonds. The third-order valence-corrected chi connectivity index (χ3v) is 4.62. The fraction of sp³-hybridized carbons (Fsp3) is 0.647. The molecule has 2 rings (SSSR count). The van der Waals surface area contributed by atoms with Gasteiger partial charge < -0.3 is 9.47 Å². The Labute approximate surface area is 128 Å². The van der Waals surface area contributed by atoms with Gasteiger partial charge in [0.2, 0.25) is 0 Å². The van der Waals surface area contributed by atoms with Crippen LogP contribution in [0.2, 0.25) is 0 Å². The van der Waals surface area contributed by atoms with Gasteiger partial charge in [0.05, 0.1) is 11.6 Å². The summed E-state index contributed by atoms with van der Waals surface area (Å²) in [6.45, 7) is 8.51. The van der Waals surface area contributed by atoms with E-state index in [1.165, 1.54) is 16.7 Å². The van der Waals surface area contributed by atoms with Crippen LogP contribution in [0.5, 0.6) is 0 Å². The molecule has 1 aromatic carbocycles. The summed E-state index contributed by atoms with van der Waals surface area (Å²) in [5, 5.41) is 0. The number of ether oxygens (including phenoxy) is 2. The second-order valence-corrected chi connectivity index (χ2v) is 5.95. The topological polar surface area (TPSA) is 56.5 Å². The molecule has 0 bridgehead atoms. The Morgan fingerprint density at radius 2 is 2.00 bits per heavy atom. The SMILES string of the molecule is CCOC1(C(Cc2ccc(C)c(C)c2)NN)CCOCC1. The molecule has 1 heterocycles. The van der Waals surface area contributed by atoms with Crippen LogP contribution in [0.15, 0.2) is 18.2 Å². The van der Waals surface area contributed by atoms with Gasteiger partial charge >= 0.3 is 0 Å². The second-order valence-electron chi connectivity index (χ2n) is 5.95. The lowest BCUT2D eigenvalue weighted by Gasteiger charge is -2.43. The van der Waals surface area contributed by atoms with Crippen molar-refractivity contribution < 1.29 is 9.47 Å². The first-order valence-corrected chi connectivity index (χ1v) is 7.85. The molecule has 1 aromatic rings. The highest BCUT2D eigenvalue weighted by Gasteiger charge is 2.40. The average Bonchev–Trinajstić information content (AvgIpc) is 2.49. The highest BCUT2D eigenvalue weighted by molar-refractivity contribution is 5.30. The minimum atomic E-state index is -0.222. The first-order valence-electron chi connectivity index (χ1n) is 7.85. The normalized spacial score (nSPS) is 19.4. The number of rotatable bonds is 6. The number of benzene rings is 1. The predicted octanol–water partition coefficient (Wildman–Crippen LogP) is 2.26. The molecule has 0 radical (unpaired) electrons. The van der Waals surface area contributed by atoms with Crippen LogP contribution in [0, 0.1) is 13.8 Å². The molecule has 1 unspecified atom stereocenters. The first-order chi connectivity index (χ1) is 10.1. The summed E-state index contributed by atoms with van der Waals surface area (Å²) < 4.78 is 11.6. The standard InChI is InChI=1S/C17H28N2O2/c1-4-21-17(7-9-20-10-8-17)16(19-18)12-15-6-5-13(2)14(3)11-15/h5-6,11,16,19H,4,7-10,12,18H2,1-3H3. The van der Waals surface area contributed by atoms with Crippen LogP contribution in [0.25, 0.3) is 0 Å². The molecular weight excluding hydrogens is 264 g/mol. The monoisotopic (exact) mass is 292 g/mol. The zero-order valence-electron chi connectivity index (χ0n) is 13.4. The van der Waals surface area contributed by atoms with Crippen molar-refractivity contribution in [3.63, 3.8) is 0 Å². The Morgan fingerprint density at radius 3 is 2.57 bits per heavy atom. The number of aryl methyl sites for hydroxylation is 2. The van der Waals surface area contributed by atoms with Crippen LogP contribution in [0.4, 0.5) is 0 Å². The maximum absolute atomic E-state index is 6.13. The summed E-state index contributed by atoms with van der Waals surface area (Å²) in [4.78, 5) is 0. The summed E-state index contributed by atoms with van der Waals surface area (Å²) in [5.74, 6) is 5.86. The fourth-order valence-electron chi connectivity index (χ4n) is 3.16. The highest BCUT2D eigenvalue weighted by atomic mass is 16.5. The van der Waals surface area contributed by atoms with E-state index in [9.17, 15) is 0 Å². The van der Waals surface area contributed by atoms with E-state index in [2.05, 4.69) is 37.5 Å². The maximum Gasteiger partial charge on any atom is 0.0895 e. The molecule has 1 saturated heterocycles. The molecule has 0 saturated carbocycles. The molecule has 4 nitrogen and oxygen atoms in total. The Hall–Kier alpha value is -0.940. The lowest BCUT2D eigenvalue weighted by atomic mass is 9.82. The van der Waals surface area contributed by atoms with Crippen LogP contribution >= 0.6 is 0 Å². The molecule has 118 valence electrons. The van der Waals surface area contributed by atoms with Gasteiger partial charge in [0.15, 0.2) is 0 Å². The molecule has 1 fully saturated rings. The Bertz CT molecular complexity index is 451. The Morgan fingerprint density at radius 1 is 1.29 bits per heavy atom. The van der Waals surface area contributed by atoms with Crippen LogP contribution in [-0.4, -0.2) is 31.5 Å². The van der Waals surface area contributed by atoms with E-state index in [4.69, 9.17) is 15.3 Å². The van der Waals surface area contributed by atoms with Gasteiger partial charge in [0.1, 0.15) is 0 Å². The zero-order chi connectivity index (χ0) is 15.3. The van der Waals surface area contributed by atoms with Gasteiger partial charge in [-0.2, -0.15) is 0 Å². The van der Waals surface area contributed by atoms with Gasteiger partial charge in [-0.05, 0) is 43.9 Å². The van der Waals surface area contributed by atoms with E-state index in [-0.39, 0.29) is 11.6 Å². The number of hydrazine groups is 1. The summed E-state index contributed by atoms with van der Waals surface area (Å²) in [5.41, 5.74) is 6.72. The predicted molar refractivity (Wildman–Crippen MR) is 85.1 cm³/mol. The van der Waals surface area contributed by atoms with E-state index in [1.54, 1.807) is 0 Å². The molecule has 4 heteroatoms. The third-order valence-electron chi connectivity index (χ3n) is 4.62. The molecule has 0 aliphatic carbocycles. The van der Waals surface area contributed by atoms with Gasteiger partial charge in [-0.25, -0.2) is 0 Å². The molecule has 1 atom stereocenters. The smallest absolute Gasteiger partial charge is 0.0895 e. The third kappa shape index (κ3) is 3.83. The van der Waals surface area contributed by atoms with Gasteiger partial charge in [-0.1, -0.05) is 18.2 Å². The highest BCUT2D eigenvalue weighted by Crippen LogP contribution is 2.30. The average molecular weight is 292 g/mol. The quantitative estimate of drug-likeness (QED) is 0.624. The van der Waals surface area contributed by atoms with Crippen molar-refractivity contribution >= 4 is 0 Å². The fourth-order valence-corrected chi connectivity index (χ4v) is 3.16. The zero-order valence-corrected chi connectivity index (χ0v) is 13.4. The van der Waals surface area contributed by atoms with Crippen LogP contribution in [0.3, 0.4) is 0 Å². The van der Waals surface area contributed by atoms with Crippen LogP contribution in [-0.2, 0) is 15.9 Å². The lowest BCUT2D eigenvalue weighted by Crippen LogP contribution is -2.58. The molecule has 0 aromatic heterocycles. The van der Waals surface area contributed by atoms with Gasteiger partial charge in [0.25, 0.3) is 0 Å². The van der Waals surface area contributed by atoms with Crippen molar-refractivity contribution in [2.75, 3.05) is 19.8 Å². The van der Waals surface area contributed by atoms with Crippen molar-refractivity contribution in [3.8, 4) is 0 Å². The molecule has 1 aliphatic rings. The van der Waals surface area contributed by atoms with Gasteiger partial charge in [-0.3, -0.25) is 11.3 Å². The van der Waals surface area contributed by atoms with E-state index in [0.29, 0.717) is 6.61 Å². The van der Waals surface area contributed by atoms with Gasteiger partial charge in [-0.15, -0.1) is 0 Å². The first kappa shape index (κ1) is 16.4. The van der Waals surface area contributed by atoms with Crippen LogP contribution < -0.4 is 11.3 Å². The van der Waals surface area contributed by atoms with E-state index >= 15 is 0 Å². The molecule has 3 N–H and O–H groups in total. The second kappa shape index (κ2) is 7.36. The molecular formula is C17H28N2O2. The lowest BCUT2D eigenvalue weighted by molar-refractivity contribution is -0.126. The van der Waals surface area contributed by atoms with Crippen LogP contribution in [0.1, 0.15) is 36.5 Å². The number of nitrogens with one attached hydrogen (secondary N) is 1. The number of hydrogen-bond acceptors (Lipinski definition) is 4. The number of hydrogen-bond donors (Lipinski definition) is 2. The Kier molecular flexibility index (Phi) is 5.76. The molecule has 1 aliphatic heterocycles. The Balaban J connectivity index is 2.17. The van der Waals surface area contributed by atoms with Crippen molar-refractivity contribution in [2.24, 2.45) is 5.84 Å². The summed E-state index contributed by atoms with van der Waals surface area (Å²) in [6, 6.07) is 6.71. The minimum absolute atomic E-state index is 0.100. The van der Waals surface area contributed by atoms with Crippen molar-refractivity contribution in [3.05, 3.63) is 34.9 Å². The van der Waals surface area contributed by atoms with Crippen molar-refractivity contribution in [2.45, 2.75) is 51.7 Å². The summed E-state index contributed by atoms with van der Waals surface area (Å²) in [7, 11) is 0. The van der Waals surface area contributed by atoms with E-state index < -0.39 is 0 Å². The molecule has 21 heavy (non-hydrogen) atoms. The van der Waals surface area contributed by atoms with Gasteiger partial charge in [0, 0.05) is 32.7 Å². The summed E-state index contributed by atoms with van der Waals surface area (Å²) in [6.07, 6.45) is 2.65. The largest absolute Gasteiger partial charge is 0.381 e. The van der Waals surface area contributed by atoms with Crippen molar-refractivity contribution in [1.82, 2.24) is 5.43 Å². The maximum atomic E-state index is 6.13. The van der Waals surface area contributed by atoms with E-state index in [1.807, 2.05) is 6.92 Å². The van der Waals surface area contributed by atoms with Crippen molar-refractivity contribution in [1.29, 1.82) is 0 Å². The molecule has 0 spiro atoms. The minimum Gasteiger partial charge on any atom is -0.381 e.